The number of piperazine rings is 1. The number of likely N-dealkylation sites (tertiary alicyclic amines) is 1. The number of carbonyl (C=O) groups excluding carboxylic acids is 1. The molecule has 1 unspecified atom stereocenters. The summed E-state index contributed by atoms with van der Waals surface area (Å²) in [6, 6.07) is 8.32. The molecule has 1 atom stereocenters. The van der Waals surface area contributed by atoms with Crippen molar-refractivity contribution in [3.63, 3.8) is 0 Å². The lowest BCUT2D eigenvalue weighted by Gasteiger charge is -2.36. The summed E-state index contributed by atoms with van der Waals surface area (Å²) in [7, 11) is 0. The van der Waals surface area contributed by atoms with E-state index in [2.05, 4.69) is 39.8 Å². The van der Waals surface area contributed by atoms with Gasteiger partial charge in [0.25, 0.3) is 5.91 Å². The van der Waals surface area contributed by atoms with Crippen molar-refractivity contribution in [3.8, 4) is 0 Å². The van der Waals surface area contributed by atoms with Gasteiger partial charge in [-0.25, -0.2) is 0 Å². The molecule has 0 bridgehead atoms. The number of halogens is 1. The molecule has 0 spiro atoms. The molecule has 2 fully saturated rings. The van der Waals surface area contributed by atoms with Crippen molar-refractivity contribution in [1.29, 1.82) is 0 Å². The first kappa shape index (κ1) is 20.4. The predicted molar refractivity (Wildman–Crippen MR) is 120 cm³/mol. The van der Waals surface area contributed by atoms with E-state index in [1.54, 1.807) is 0 Å². The molecule has 1 aromatic carbocycles. The van der Waals surface area contributed by atoms with Gasteiger partial charge in [0, 0.05) is 55.7 Å². The first-order chi connectivity index (χ1) is 14.1. The predicted octanol–water partition coefficient (Wildman–Crippen LogP) is 3.63. The third kappa shape index (κ3) is 4.84. The van der Waals surface area contributed by atoms with Crippen molar-refractivity contribution in [2.75, 3.05) is 50.7 Å². The monoisotopic (exact) mass is 414 g/mol. The summed E-state index contributed by atoms with van der Waals surface area (Å²) in [4.78, 5) is 24.7. The summed E-state index contributed by atoms with van der Waals surface area (Å²) < 4.78 is 0. The molecule has 0 radical (unpaired) electrons. The number of amides is 1. The van der Waals surface area contributed by atoms with Crippen LogP contribution in [0.15, 0.2) is 40.9 Å². The van der Waals surface area contributed by atoms with Gasteiger partial charge < -0.3 is 9.80 Å². The van der Waals surface area contributed by atoms with Gasteiger partial charge in [0.05, 0.1) is 11.6 Å². The quantitative estimate of drug-likeness (QED) is 0.713. The summed E-state index contributed by atoms with van der Waals surface area (Å²) in [5.74, 6) is 0.199. The fraction of sp³-hybridized carbons (Fsp3) is 0.565. The Bertz CT molecular complexity index is 781. The van der Waals surface area contributed by atoms with Crippen LogP contribution >= 0.6 is 11.6 Å². The van der Waals surface area contributed by atoms with Gasteiger partial charge in [-0.05, 0) is 62.6 Å². The fourth-order valence-electron chi connectivity index (χ4n) is 4.49. The topological polar surface area (TPSA) is 39.2 Å². The average molecular weight is 415 g/mol. The van der Waals surface area contributed by atoms with Crippen LogP contribution in [0.2, 0.25) is 5.02 Å². The molecule has 0 aliphatic carbocycles. The average Bonchev–Trinajstić information content (AvgIpc) is 3.10. The third-order valence-corrected chi connectivity index (χ3v) is 6.49. The molecule has 156 valence electrons. The van der Waals surface area contributed by atoms with Gasteiger partial charge in [-0.3, -0.25) is 14.7 Å². The number of fused-ring (bicyclic) bond motifs is 1. The van der Waals surface area contributed by atoms with E-state index in [4.69, 9.17) is 16.6 Å². The Morgan fingerprint density at radius 3 is 2.55 bits per heavy atom. The smallest absolute Gasteiger partial charge is 0.255 e. The van der Waals surface area contributed by atoms with Crippen molar-refractivity contribution in [3.05, 3.63) is 40.9 Å². The molecule has 3 aliphatic rings. The van der Waals surface area contributed by atoms with Crippen molar-refractivity contribution < 1.29 is 4.79 Å². The van der Waals surface area contributed by atoms with Crippen molar-refractivity contribution in [1.82, 2.24) is 9.80 Å². The summed E-state index contributed by atoms with van der Waals surface area (Å²) in [5, 5.41) is 0.785. The Balaban J connectivity index is 1.23. The number of carbonyl (C=O) groups is 1. The highest BCUT2D eigenvalue weighted by molar-refractivity contribution is 6.30. The number of aliphatic imine (C=N–C) groups is 1. The van der Waals surface area contributed by atoms with E-state index < -0.39 is 0 Å². The summed E-state index contributed by atoms with van der Waals surface area (Å²) in [5.41, 5.74) is 3.17. The van der Waals surface area contributed by atoms with Crippen LogP contribution in [0, 0.1) is 0 Å². The highest BCUT2D eigenvalue weighted by atomic mass is 35.5. The fourth-order valence-corrected chi connectivity index (χ4v) is 4.61. The molecule has 29 heavy (non-hydrogen) atoms. The zero-order chi connectivity index (χ0) is 20.2. The molecular formula is C23H31ClN4O. The molecule has 0 aromatic heterocycles. The molecule has 3 heterocycles. The van der Waals surface area contributed by atoms with Crippen molar-refractivity contribution in [2.45, 2.75) is 38.6 Å². The second-order valence-electron chi connectivity index (χ2n) is 8.19. The Morgan fingerprint density at radius 1 is 1.07 bits per heavy atom. The minimum Gasteiger partial charge on any atom is -0.369 e. The van der Waals surface area contributed by atoms with Gasteiger partial charge >= 0.3 is 0 Å². The number of hydrogen-bond donors (Lipinski definition) is 0. The molecule has 1 aromatic rings. The number of benzene rings is 1. The molecule has 1 amide bonds. The highest BCUT2D eigenvalue weighted by Crippen LogP contribution is 2.24. The lowest BCUT2D eigenvalue weighted by molar-refractivity contribution is -0.126. The van der Waals surface area contributed by atoms with E-state index in [9.17, 15) is 4.79 Å². The number of hydrogen-bond acceptors (Lipinski definition) is 4. The Hall–Kier alpha value is -1.85. The van der Waals surface area contributed by atoms with Crippen molar-refractivity contribution >= 4 is 28.9 Å². The van der Waals surface area contributed by atoms with Crippen LogP contribution in [-0.4, -0.2) is 73.3 Å². The van der Waals surface area contributed by atoms with Crippen LogP contribution in [0.3, 0.4) is 0 Å². The van der Waals surface area contributed by atoms with Gasteiger partial charge in [-0.1, -0.05) is 18.5 Å². The summed E-state index contributed by atoms with van der Waals surface area (Å²) >= 11 is 5.99. The Kier molecular flexibility index (Phi) is 6.56. The molecule has 2 saturated heterocycles. The van der Waals surface area contributed by atoms with Crippen LogP contribution < -0.4 is 4.90 Å². The van der Waals surface area contributed by atoms with E-state index in [-0.39, 0.29) is 11.9 Å². The first-order valence-electron chi connectivity index (χ1n) is 10.9. The second-order valence-corrected chi connectivity index (χ2v) is 8.62. The maximum atomic E-state index is 12.9. The van der Waals surface area contributed by atoms with Crippen LogP contribution in [0.25, 0.3) is 0 Å². The zero-order valence-corrected chi connectivity index (χ0v) is 18.1. The van der Waals surface area contributed by atoms with E-state index in [0.717, 1.165) is 87.8 Å². The van der Waals surface area contributed by atoms with Gasteiger partial charge in [-0.2, -0.15) is 0 Å². The molecular weight excluding hydrogens is 384 g/mol. The Morgan fingerprint density at radius 2 is 1.83 bits per heavy atom. The molecule has 5 nitrogen and oxygen atoms in total. The lowest BCUT2D eigenvalue weighted by atomic mass is 10.1. The SMILES string of the molecule is CCC1C=C2C(=O)N(CCCN3CCN(c4ccc(Cl)cc4)CC3)CCCC2=N1. The minimum atomic E-state index is 0.199. The van der Waals surface area contributed by atoms with Crippen LogP contribution in [-0.2, 0) is 4.79 Å². The highest BCUT2D eigenvalue weighted by Gasteiger charge is 2.30. The van der Waals surface area contributed by atoms with E-state index in [0.29, 0.717) is 0 Å². The van der Waals surface area contributed by atoms with Gasteiger partial charge in [0.15, 0.2) is 0 Å². The van der Waals surface area contributed by atoms with Gasteiger partial charge in [-0.15, -0.1) is 0 Å². The number of nitrogens with zero attached hydrogens (tertiary/aromatic N) is 4. The summed E-state index contributed by atoms with van der Waals surface area (Å²) in [6.07, 6.45) is 6.06. The molecule has 0 saturated carbocycles. The number of rotatable bonds is 6. The zero-order valence-electron chi connectivity index (χ0n) is 17.3. The van der Waals surface area contributed by atoms with E-state index in [1.807, 2.05) is 12.1 Å². The van der Waals surface area contributed by atoms with E-state index >= 15 is 0 Å². The maximum Gasteiger partial charge on any atom is 0.255 e. The minimum absolute atomic E-state index is 0.199. The lowest BCUT2D eigenvalue weighted by Crippen LogP contribution is -2.47. The largest absolute Gasteiger partial charge is 0.369 e. The maximum absolute atomic E-state index is 12.9. The second kappa shape index (κ2) is 9.31. The molecule has 0 N–H and O–H groups in total. The molecule has 4 rings (SSSR count). The standard InChI is InChI=1S/C23H31ClN4O/c1-2-19-17-21-22(25-19)5-3-11-28(23(21)29)12-4-10-26-13-15-27(16-14-26)20-8-6-18(24)7-9-20/h6-9,17,19H,2-5,10-16H2,1H3. The normalized spacial score (nSPS) is 23.0. The van der Waals surface area contributed by atoms with E-state index in [1.165, 1.54) is 5.69 Å². The van der Waals surface area contributed by atoms with Crippen LogP contribution in [0.4, 0.5) is 5.69 Å². The number of anilines is 1. The molecule has 3 aliphatic heterocycles. The van der Waals surface area contributed by atoms with Gasteiger partial charge in [0.1, 0.15) is 0 Å². The Labute approximate surface area is 179 Å². The van der Waals surface area contributed by atoms with Gasteiger partial charge in [0.2, 0.25) is 0 Å². The van der Waals surface area contributed by atoms with Crippen molar-refractivity contribution in [2.24, 2.45) is 4.99 Å². The van der Waals surface area contributed by atoms with Crippen LogP contribution in [0.5, 0.6) is 0 Å². The van der Waals surface area contributed by atoms with Crippen LogP contribution in [0.1, 0.15) is 32.6 Å². The first-order valence-corrected chi connectivity index (χ1v) is 11.3. The third-order valence-electron chi connectivity index (χ3n) is 6.24. The summed E-state index contributed by atoms with van der Waals surface area (Å²) in [6.45, 7) is 9.09. The molecule has 6 heteroatoms.